The molecule has 1 aromatic carbocycles. The second-order valence-electron chi connectivity index (χ2n) is 3.60. The van der Waals surface area contributed by atoms with E-state index in [1.54, 1.807) is 7.11 Å². The van der Waals surface area contributed by atoms with Crippen LogP contribution in [0.4, 0.5) is 0 Å². The number of unbranched alkanes of at least 4 members (excludes halogenated alkanes) is 1. The first kappa shape index (κ1) is 12.6. The highest BCUT2D eigenvalue weighted by Crippen LogP contribution is 2.13. The highest BCUT2D eigenvalue weighted by atomic mass is 16.5. The van der Waals surface area contributed by atoms with Gasteiger partial charge in [0.25, 0.3) is 0 Å². The molecule has 0 aliphatic carbocycles. The summed E-state index contributed by atoms with van der Waals surface area (Å²) in [6.45, 7) is 2.58. The highest BCUT2D eigenvalue weighted by molar-refractivity contribution is 5.72. The van der Waals surface area contributed by atoms with Gasteiger partial charge in [0, 0.05) is 0 Å². The molecule has 3 nitrogen and oxygen atoms in total. The molecule has 0 heterocycles. The largest absolute Gasteiger partial charge is 0.497 e. The Bertz CT molecular complexity index is 334. The lowest BCUT2D eigenvalue weighted by Crippen LogP contribution is -2.08. The van der Waals surface area contributed by atoms with E-state index in [1.807, 2.05) is 24.3 Å². The molecule has 16 heavy (non-hydrogen) atoms. The molecule has 0 unspecified atom stereocenters. The first-order valence-electron chi connectivity index (χ1n) is 5.54. The number of hydrogen-bond acceptors (Lipinski definition) is 3. The number of carbonyl (C=O) groups excluding carboxylic acids is 1. The lowest BCUT2D eigenvalue weighted by atomic mass is 10.1. The molecule has 3 heteroatoms. The highest BCUT2D eigenvalue weighted by Gasteiger charge is 2.05. The van der Waals surface area contributed by atoms with Crippen LogP contribution in [0.25, 0.3) is 0 Å². The minimum Gasteiger partial charge on any atom is -0.497 e. The lowest BCUT2D eigenvalue weighted by Gasteiger charge is -2.05. The maximum Gasteiger partial charge on any atom is 0.310 e. The van der Waals surface area contributed by atoms with Gasteiger partial charge in [0.1, 0.15) is 5.75 Å². The molecular formula is C13H18O3. The van der Waals surface area contributed by atoms with Crippen LogP contribution in [0.2, 0.25) is 0 Å². The first-order chi connectivity index (χ1) is 7.76. The second kappa shape index (κ2) is 6.88. The van der Waals surface area contributed by atoms with Gasteiger partial charge in [-0.05, 0) is 24.1 Å². The van der Waals surface area contributed by atoms with Gasteiger partial charge in [0.05, 0.1) is 20.1 Å². The standard InChI is InChI=1S/C13H18O3/c1-3-4-8-16-13(14)10-11-6-5-7-12(9-11)15-2/h5-7,9H,3-4,8,10H2,1-2H3. The third-order valence-electron chi connectivity index (χ3n) is 2.24. The summed E-state index contributed by atoms with van der Waals surface area (Å²) in [5.74, 6) is 0.584. The maximum absolute atomic E-state index is 11.4. The van der Waals surface area contributed by atoms with Gasteiger partial charge in [-0.2, -0.15) is 0 Å². The van der Waals surface area contributed by atoms with Crippen LogP contribution in [0.3, 0.4) is 0 Å². The Morgan fingerprint density at radius 2 is 2.19 bits per heavy atom. The quantitative estimate of drug-likeness (QED) is 0.548. The molecule has 1 rings (SSSR count). The summed E-state index contributed by atoms with van der Waals surface area (Å²) in [7, 11) is 1.61. The van der Waals surface area contributed by atoms with Crippen LogP contribution >= 0.6 is 0 Å². The summed E-state index contributed by atoms with van der Waals surface area (Å²) in [4.78, 5) is 11.4. The van der Waals surface area contributed by atoms with Crippen molar-refractivity contribution >= 4 is 5.97 Å². The number of benzene rings is 1. The van der Waals surface area contributed by atoms with Crippen molar-refractivity contribution < 1.29 is 14.3 Å². The van der Waals surface area contributed by atoms with Gasteiger partial charge in [0.15, 0.2) is 0 Å². The molecule has 0 aromatic heterocycles. The Kier molecular flexibility index (Phi) is 5.40. The van der Waals surface area contributed by atoms with E-state index in [0.717, 1.165) is 24.2 Å². The second-order valence-corrected chi connectivity index (χ2v) is 3.60. The molecule has 0 atom stereocenters. The van der Waals surface area contributed by atoms with Crippen molar-refractivity contribution in [3.63, 3.8) is 0 Å². The van der Waals surface area contributed by atoms with Crippen molar-refractivity contribution in [1.29, 1.82) is 0 Å². The predicted octanol–water partition coefficient (Wildman–Crippen LogP) is 2.58. The summed E-state index contributed by atoms with van der Waals surface area (Å²) in [6.07, 6.45) is 2.26. The van der Waals surface area contributed by atoms with Gasteiger partial charge < -0.3 is 9.47 Å². The SMILES string of the molecule is CCCCOC(=O)Cc1cccc(OC)c1. The normalized spacial score (nSPS) is 9.88. The molecule has 0 amide bonds. The van der Waals surface area contributed by atoms with Crippen molar-refractivity contribution in [3.8, 4) is 5.75 Å². The van der Waals surface area contributed by atoms with Crippen LogP contribution in [0.5, 0.6) is 5.75 Å². The Hall–Kier alpha value is -1.51. The smallest absolute Gasteiger partial charge is 0.310 e. The minimum atomic E-state index is -0.179. The van der Waals surface area contributed by atoms with Crippen molar-refractivity contribution in [1.82, 2.24) is 0 Å². The van der Waals surface area contributed by atoms with E-state index in [4.69, 9.17) is 9.47 Å². The van der Waals surface area contributed by atoms with E-state index in [0.29, 0.717) is 13.0 Å². The third kappa shape index (κ3) is 4.34. The molecule has 0 aliphatic rings. The Labute approximate surface area is 96.4 Å². The van der Waals surface area contributed by atoms with E-state index in [-0.39, 0.29) is 5.97 Å². The number of methoxy groups -OCH3 is 1. The van der Waals surface area contributed by atoms with Crippen LogP contribution in [0.15, 0.2) is 24.3 Å². The average Bonchev–Trinajstić information content (AvgIpc) is 2.29. The summed E-state index contributed by atoms with van der Waals surface area (Å²) >= 11 is 0. The minimum absolute atomic E-state index is 0.179. The van der Waals surface area contributed by atoms with Gasteiger partial charge in [0.2, 0.25) is 0 Å². The zero-order valence-corrected chi connectivity index (χ0v) is 9.86. The van der Waals surface area contributed by atoms with Crippen LogP contribution in [0, 0.1) is 0 Å². The molecule has 0 N–H and O–H groups in total. The summed E-state index contributed by atoms with van der Waals surface area (Å²) in [5.41, 5.74) is 0.917. The van der Waals surface area contributed by atoms with Crippen LogP contribution in [-0.2, 0) is 16.0 Å². The topological polar surface area (TPSA) is 35.5 Å². The summed E-state index contributed by atoms with van der Waals surface area (Å²) in [5, 5.41) is 0. The third-order valence-corrected chi connectivity index (χ3v) is 2.24. The van der Waals surface area contributed by atoms with Crippen molar-refractivity contribution in [2.24, 2.45) is 0 Å². The molecule has 0 saturated carbocycles. The van der Waals surface area contributed by atoms with Gasteiger partial charge in [-0.15, -0.1) is 0 Å². The molecule has 0 bridgehead atoms. The van der Waals surface area contributed by atoms with E-state index >= 15 is 0 Å². The monoisotopic (exact) mass is 222 g/mol. The predicted molar refractivity (Wildman–Crippen MR) is 62.6 cm³/mol. The fourth-order valence-corrected chi connectivity index (χ4v) is 1.33. The Balaban J connectivity index is 2.43. The fraction of sp³-hybridized carbons (Fsp3) is 0.462. The molecule has 1 aromatic rings. The van der Waals surface area contributed by atoms with Crippen LogP contribution < -0.4 is 4.74 Å². The summed E-state index contributed by atoms with van der Waals surface area (Å²) in [6, 6.07) is 7.46. The number of hydrogen-bond donors (Lipinski definition) is 0. The van der Waals surface area contributed by atoms with Gasteiger partial charge in [-0.25, -0.2) is 0 Å². The zero-order chi connectivity index (χ0) is 11.8. The van der Waals surface area contributed by atoms with E-state index < -0.39 is 0 Å². The number of carbonyl (C=O) groups is 1. The Morgan fingerprint density at radius 1 is 1.38 bits per heavy atom. The number of ether oxygens (including phenoxy) is 2. The lowest BCUT2D eigenvalue weighted by molar-refractivity contribution is -0.142. The van der Waals surface area contributed by atoms with Gasteiger partial charge in [-0.1, -0.05) is 25.5 Å². The zero-order valence-electron chi connectivity index (χ0n) is 9.86. The average molecular weight is 222 g/mol. The molecule has 0 aliphatic heterocycles. The number of rotatable bonds is 6. The van der Waals surface area contributed by atoms with Crippen molar-refractivity contribution in [3.05, 3.63) is 29.8 Å². The first-order valence-corrected chi connectivity index (χ1v) is 5.54. The molecule has 0 spiro atoms. The van der Waals surface area contributed by atoms with Gasteiger partial charge >= 0.3 is 5.97 Å². The van der Waals surface area contributed by atoms with Crippen LogP contribution in [0.1, 0.15) is 25.3 Å². The fourth-order valence-electron chi connectivity index (χ4n) is 1.33. The van der Waals surface area contributed by atoms with Crippen molar-refractivity contribution in [2.75, 3.05) is 13.7 Å². The van der Waals surface area contributed by atoms with E-state index in [2.05, 4.69) is 6.92 Å². The molecule has 0 saturated heterocycles. The van der Waals surface area contributed by atoms with E-state index in [1.165, 1.54) is 0 Å². The molecule has 0 radical (unpaired) electrons. The van der Waals surface area contributed by atoms with Gasteiger partial charge in [-0.3, -0.25) is 4.79 Å². The Morgan fingerprint density at radius 3 is 2.88 bits per heavy atom. The van der Waals surface area contributed by atoms with Crippen molar-refractivity contribution in [2.45, 2.75) is 26.2 Å². The summed E-state index contributed by atoms with van der Waals surface area (Å²) < 4.78 is 10.2. The molecule has 88 valence electrons. The maximum atomic E-state index is 11.4. The van der Waals surface area contributed by atoms with Crippen LogP contribution in [-0.4, -0.2) is 19.7 Å². The van der Waals surface area contributed by atoms with E-state index in [9.17, 15) is 4.79 Å². The molecular weight excluding hydrogens is 204 g/mol. The number of esters is 1. The molecule has 0 fully saturated rings.